The number of amides is 2. The molecule has 0 bridgehead atoms. The molecule has 0 fully saturated rings. The summed E-state index contributed by atoms with van der Waals surface area (Å²) in [6.45, 7) is 3.60. The summed E-state index contributed by atoms with van der Waals surface area (Å²) in [5, 5.41) is 2.62. The highest BCUT2D eigenvalue weighted by molar-refractivity contribution is 5.99. The maximum atomic E-state index is 12.1. The van der Waals surface area contributed by atoms with Gasteiger partial charge in [-0.15, -0.1) is 0 Å². The monoisotopic (exact) mass is 249 g/mol. The van der Waals surface area contributed by atoms with Crippen molar-refractivity contribution in [1.82, 2.24) is 5.32 Å². The summed E-state index contributed by atoms with van der Waals surface area (Å²) in [7, 11) is 0. The van der Waals surface area contributed by atoms with Crippen LogP contribution < -0.4 is 16.8 Å². The summed E-state index contributed by atoms with van der Waals surface area (Å²) in [5.41, 5.74) is 11.0. The Balaban J connectivity index is 2.94. The minimum Gasteiger partial charge on any atom is -0.368 e. The van der Waals surface area contributed by atoms with Crippen LogP contribution in [0, 0.1) is 0 Å². The van der Waals surface area contributed by atoms with E-state index in [-0.39, 0.29) is 5.91 Å². The molecule has 0 aliphatic carbocycles. The van der Waals surface area contributed by atoms with Crippen molar-refractivity contribution in [2.75, 3.05) is 6.54 Å². The van der Waals surface area contributed by atoms with Crippen molar-refractivity contribution in [3.8, 4) is 0 Å². The molecule has 0 heterocycles. The molecule has 0 unspecified atom stereocenters. The Morgan fingerprint density at radius 2 is 1.89 bits per heavy atom. The van der Waals surface area contributed by atoms with Gasteiger partial charge in [0, 0.05) is 5.56 Å². The summed E-state index contributed by atoms with van der Waals surface area (Å²) in [6, 6.07) is 7.17. The van der Waals surface area contributed by atoms with Crippen LogP contribution in [0.4, 0.5) is 0 Å². The Hall–Kier alpha value is -1.88. The van der Waals surface area contributed by atoms with Crippen LogP contribution in [-0.4, -0.2) is 23.9 Å². The fourth-order valence-electron chi connectivity index (χ4n) is 1.53. The van der Waals surface area contributed by atoms with Crippen molar-refractivity contribution in [3.05, 3.63) is 35.4 Å². The van der Waals surface area contributed by atoms with Gasteiger partial charge in [0.15, 0.2) is 0 Å². The van der Waals surface area contributed by atoms with Crippen molar-refractivity contribution in [3.63, 3.8) is 0 Å². The Labute approximate surface area is 107 Å². The number of primary amides is 1. The second kappa shape index (κ2) is 5.64. The smallest absolute Gasteiger partial charge is 0.252 e. The van der Waals surface area contributed by atoms with Crippen molar-refractivity contribution >= 4 is 11.8 Å². The second-order valence-electron chi connectivity index (χ2n) is 4.64. The van der Waals surface area contributed by atoms with E-state index in [1.54, 1.807) is 26.0 Å². The molecule has 18 heavy (non-hydrogen) atoms. The standard InChI is InChI=1S/C13H19N3O2/c1-13(2,12(15)18)16-11(17)10-6-4-3-5-9(10)7-8-14/h3-6H,7-8,14H2,1-2H3,(H2,15,18)(H,16,17). The van der Waals surface area contributed by atoms with Gasteiger partial charge in [-0.2, -0.15) is 0 Å². The number of nitrogens with one attached hydrogen (secondary N) is 1. The molecule has 2 amide bonds. The van der Waals surface area contributed by atoms with Crippen molar-refractivity contribution in [2.45, 2.75) is 25.8 Å². The fraction of sp³-hybridized carbons (Fsp3) is 0.385. The van der Waals surface area contributed by atoms with Gasteiger partial charge in [0.05, 0.1) is 0 Å². The van der Waals surface area contributed by atoms with Gasteiger partial charge in [-0.3, -0.25) is 9.59 Å². The maximum Gasteiger partial charge on any atom is 0.252 e. The number of hydrogen-bond acceptors (Lipinski definition) is 3. The topological polar surface area (TPSA) is 98.2 Å². The molecule has 0 saturated carbocycles. The van der Waals surface area contributed by atoms with E-state index in [0.717, 1.165) is 5.56 Å². The molecule has 0 aliphatic rings. The minimum atomic E-state index is -1.08. The molecular weight excluding hydrogens is 230 g/mol. The minimum absolute atomic E-state index is 0.317. The Bertz CT molecular complexity index is 455. The van der Waals surface area contributed by atoms with E-state index in [0.29, 0.717) is 18.5 Å². The zero-order valence-electron chi connectivity index (χ0n) is 10.7. The van der Waals surface area contributed by atoms with Crippen molar-refractivity contribution < 1.29 is 9.59 Å². The predicted molar refractivity (Wildman–Crippen MR) is 69.9 cm³/mol. The zero-order chi connectivity index (χ0) is 13.8. The van der Waals surface area contributed by atoms with E-state index >= 15 is 0 Å². The molecule has 1 aromatic carbocycles. The molecule has 0 radical (unpaired) electrons. The van der Waals surface area contributed by atoms with Crippen LogP contribution in [-0.2, 0) is 11.2 Å². The zero-order valence-corrected chi connectivity index (χ0v) is 10.7. The Morgan fingerprint density at radius 1 is 1.28 bits per heavy atom. The molecule has 5 N–H and O–H groups in total. The third-order valence-electron chi connectivity index (χ3n) is 2.72. The fourth-order valence-corrected chi connectivity index (χ4v) is 1.53. The highest BCUT2D eigenvalue weighted by Crippen LogP contribution is 2.11. The van der Waals surface area contributed by atoms with E-state index in [1.807, 2.05) is 12.1 Å². The lowest BCUT2D eigenvalue weighted by atomic mass is 10.0. The Morgan fingerprint density at radius 3 is 2.44 bits per heavy atom. The number of carbonyl (C=O) groups is 2. The second-order valence-corrected chi connectivity index (χ2v) is 4.64. The summed E-state index contributed by atoms with van der Waals surface area (Å²) >= 11 is 0. The molecule has 1 rings (SSSR count). The lowest BCUT2D eigenvalue weighted by Crippen LogP contribution is -2.53. The van der Waals surface area contributed by atoms with Gasteiger partial charge in [-0.1, -0.05) is 18.2 Å². The van der Waals surface area contributed by atoms with Gasteiger partial charge < -0.3 is 16.8 Å². The summed E-state index contributed by atoms with van der Waals surface area (Å²) in [4.78, 5) is 23.3. The number of rotatable bonds is 5. The Kier molecular flexibility index (Phi) is 4.44. The van der Waals surface area contributed by atoms with Crippen LogP contribution in [0.2, 0.25) is 0 Å². The first-order chi connectivity index (χ1) is 8.38. The molecular formula is C13H19N3O2. The summed E-state index contributed by atoms with van der Waals surface area (Å²) < 4.78 is 0. The van der Waals surface area contributed by atoms with Crippen LogP contribution >= 0.6 is 0 Å². The molecule has 98 valence electrons. The molecule has 0 saturated heterocycles. The van der Waals surface area contributed by atoms with Gasteiger partial charge >= 0.3 is 0 Å². The van der Waals surface area contributed by atoms with E-state index in [1.165, 1.54) is 0 Å². The number of benzene rings is 1. The SMILES string of the molecule is CC(C)(NC(=O)c1ccccc1CCN)C(N)=O. The quantitative estimate of drug-likeness (QED) is 0.694. The number of carbonyl (C=O) groups excluding carboxylic acids is 2. The molecule has 5 heteroatoms. The summed E-state index contributed by atoms with van der Waals surface area (Å²) in [6.07, 6.45) is 0.612. The van der Waals surface area contributed by atoms with Crippen LogP contribution in [0.15, 0.2) is 24.3 Å². The van der Waals surface area contributed by atoms with Gasteiger partial charge in [0.2, 0.25) is 5.91 Å². The van der Waals surface area contributed by atoms with E-state index in [4.69, 9.17) is 11.5 Å². The lowest BCUT2D eigenvalue weighted by Gasteiger charge is -2.23. The lowest BCUT2D eigenvalue weighted by molar-refractivity contribution is -0.122. The van der Waals surface area contributed by atoms with Crippen molar-refractivity contribution in [2.24, 2.45) is 11.5 Å². The highest BCUT2D eigenvalue weighted by atomic mass is 16.2. The molecule has 0 atom stereocenters. The first kappa shape index (κ1) is 14.2. The molecule has 1 aromatic rings. The molecule has 0 aliphatic heterocycles. The van der Waals surface area contributed by atoms with Crippen LogP contribution in [0.25, 0.3) is 0 Å². The van der Waals surface area contributed by atoms with Gasteiger partial charge in [0.1, 0.15) is 5.54 Å². The van der Waals surface area contributed by atoms with Gasteiger partial charge in [-0.05, 0) is 38.4 Å². The largest absolute Gasteiger partial charge is 0.368 e. The van der Waals surface area contributed by atoms with E-state index in [2.05, 4.69) is 5.32 Å². The molecule has 0 aromatic heterocycles. The average molecular weight is 249 g/mol. The van der Waals surface area contributed by atoms with E-state index < -0.39 is 11.4 Å². The first-order valence-corrected chi connectivity index (χ1v) is 5.79. The summed E-state index contributed by atoms with van der Waals surface area (Å²) in [5.74, 6) is -0.894. The van der Waals surface area contributed by atoms with Crippen LogP contribution in [0.5, 0.6) is 0 Å². The van der Waals surface area contributed by atoms with Crippen molar-refractivity contribution in [1.29, 1.82) is 0 Å². The average Bonchev–Trinajstić information content (AvgIpc) is 2.29. The predicted octanol–water partition coefficient (Wildman–Crippen LogP) is 0.182. The van der Waals surface area contributed by atoms with Gasteiger partial charge in [-0.25, -0.2) is 0 Å². The highest BCUT2D eigenvalue weighted by Gasteiger charge is 2.27. The molecule has 5 nitrogen and oxygen atoms in total. The first-order valence-electron chi connectivity index (χ1n) is 5.79. The van der Waals surface area contributed by atoms with E-state index in [9.17, 15) is 9.59 Å². The number of nitrogens with two attached hydrogens (primary N) is 2. The molecule has 0 spiro atoms. The van der Waals surface area contributed by atoms with Crippen LogP contribution in [0.3, 0.4) is 0 Å². The third-order valence-corrected chi connectivity index (χ3v) is 2.72. The normalized spacial score (nSPS) is 11.1. The maximum absolute atomic E-state index is 12.1. The van der Waals surface area contributed by atoms with Gasteiger partial charge in [0.25, 0.3) is 5.91 Å². The number of hydrogen-bond donors (Lipinski definition) is 3. The third kappa shape index (κ3) is 3.30. The van der Waals surface area contributed by atoms with Crippen LogP contribution in [0.1, 0.15) is 29.8 Å².